The number of aromatic nitrogens is 1. The van der Waals surface area contributed by atoms with Crippen LogP contribution in [0.3, 0.4) is 0 Å². The van der Waals surface area contributed by atoms with E-state index < -0.39 is 0 Å². The van der Waals surface area contributed by atoms with Gasteiger partial charge in [-0.15, -0.1) is 0 Å². The van der Waals surface area contributed by atoms with Gasteiger partial charge in [-0.25, -0.2) is 4.98 Å². The van der Waals surface area contributed by atoms with Gasteiger partial charge < -0.3 is 16.0 Å². The van der Waals surface area contributed by atoms with E-state index in [1.807, 2.05) is 0 Å². The number of nitrogens with one attached hydrogen (secondary N) is 3. The van der Waals surface area contributed by atoms with Crippen LogP contribution in [0.1, 0.15) is 42.5 Å². The summed E-state index contributed by atoms with van der Waals surface area (Å²) in [6, 6.07) is 3.14. The van der Waals surface area contributed by atoms with E-state index in [2.05, 4.69) is 20.9 Å². The molecule has 2 rings (SSSR count). The Morgan fingerprint density at radius 3 is 2.57 bits per heavy atom. The molecule has 126 valence electrons. The number of carbonyl (C=O) groups excluding carboxylic acids is 2. The molecule has 1 aromatic rings. The maximum atomic E-state index is 12.1. The lowest BCUT2D eigenvalue weighted by atomic mass is 9.89. The molecule has 0 atom stereocenters. The van der Waals surface area contributed by atoms with Crippen LogP contribution in [-0.2, 0) is 4.79 Å². The number of carbonyl (C=O) groups is 2. The first-order valence-electron chi connectivity index (χ1n) is 8.01. The number of halogens is 1. The Morgan fingerprint density at radius 2 is 1.87 bits per heavy atom. The molecule has 1 saturated carbocycles. The van der Waals surface area contributed by atoms with Gasteiger partial charge in [0, 0.05) is 31.6 Å². The van der Waals surface area contributed by atoms with Crippen LogP contribution >= 0.6 is 11.6 Å². The maximum Gasteiger partial charge on any atom is 0.251 e. The molecule has 3 N–H and O–H groups in total. The summed E-state index contributed by atoms with van der Waals surface area (Å²) in [4.78, 5) is 28.1. The maximum absolute atomic E-state index is 12.1. The largest absolute Gasteiger partial charge is 0.373 e. The summed E-state index contributed by atoms with van der Waals surface area (Å²) < 4.78 is 0. The first-order valence-corrected chi connectivity index (χ1v) is 8.39. The van der Waals surface area contributed by atoms with Gasteiger partial charge in [-0.2, -0.15) is 0 Å². The van der Waals surface area contributed by atoms with Crippen LogP contribution in [0.5, 0.6) is 0 Å². The Hall–Kier alpha value is -1.82. The smallest absolute Gasteiger partial charge is 0.251 e. The van der Waals surface area contributed by atoms with E-state index in [1.54, 1.807) is 13.1 Å². The molecule has 7 heteroatoms. The van der Waals surface area contributed by atoms with E-state index in [0.29, 0.717) is 24.5 Å². The van der Waals surface area contributed by atoms with Crippen molar-refractivity contribution < 1.29 is 9.59 Å². The van der Waals surface area contributed by atoms with Crippen molar-refractivity contribution in [3.63, 3.8) is 0 Å². The Labute approximate surface area is 141 Å². The highest BCUT2D eigenvalue weighted by molar-refractivity contribution is 6.29. The molecule has 1 aliphatic rings. The predicted molar refractivity (Wildman–Crippen MR) is 90.7 cm³/mol. The topological polar surface area (TPSA) is 83.1 Å². The highest BCUT2D eigenvalue weighted by Crippen LogP contribution is 2.23. The second-order valence-electron chi connectivity index (χ2n) is 5.70. The number of hydrogen-bond acceptors (Lipinski definition) is 4. The zero-order chi connectivity index (χ0) is 16.7. The molecule has 0 aliphatic heterocycles. The van der Waals surface area contributed by atoms with Gasteiger partial charge in [0.05, 0.1) is 0 Å². The van der Waals surface area contributed by atoms with Crippen LogP contribution in [0, 0.1) is 5.92 Å². The number of anilines is 1. The standard InChI is InChI=1S/C16H23ClN4O2/c1-18-14-10-12(9-13(17)21-14)16(23)20-8-7-19-15(22)11-5-3-2-4-6-11/h9-11H,2-8H2,1H3,(H,18,21)(H,19,22)(H,20,23). The molecule has 0 aromatic carbocycles. The summed E-state index contributed by atoms with van der Waals surface area (Å²) in [6.45, 7) is 0.810. The summed E-state index contributed by atoms with van der Waals surface area (Å²) in [5.74, 6) is 0.533. The van der Waals surface area contributed by atoms with Crippen molar-refractivity contribution in [1.29, 1.82) is 0 Å². The first-order chi connectivity index (χ1) is 11.1. The van der Waals surface area contributed by atoms with E-state index in [-0.39, 0.29) is 22.9 Å². The molecule has 0 radical (unpaired) electrons. The summed E-state index contributed by atoms with van der Waals surface area (Å²) in [7, 11) is 1.71. The average Bonchev–Trinajstić information content (AvgIpc) is 2.58. The lowest BCUT2D eigenvalue weighted by Gasteiger charge is -2.20. The monoisotopic (exact) mass is 338 g/mol. The van der Waals surface area contributed by atoms with Crippen LogP contribution in [0.25, 0.3) is 0 Å². The molecule has 1 fully saturated rings. The van der Waals surface area contributed by atoms with Gasteiger partial charge in [0.2, 0.25) is 5.91 Å². The van der Waals surface area contributed by atoms with Crippen molar-refractivity contribution in [1.82, 2.24) is 15.6 Å². The summed E-state index contributed by atoms with van der Waals surface area (Å²) in [6.07, 6.45) is 5.43. The highest BCUT2D eigenvalue weighted by atomic mass is 35.5. The minimum atomic E-state index is -0.238. The fourth-order valence-corrected chi connectivity index (χ4v) is 2.94. The minimum Gasteiger partial charge on any atom is -0.373 e. The number of amides is 2. The Morgan fingerprint density at radius 1 is 1.17 bits per heavy atom. The molecule has 0 spiro atoms. The normalized spacial score (nSPS) is 15.0. The van der Waals surface area contributed by atoms with E-state index in [4.69, 9.17) is 11.6 Å². The van der Waals surface area contributed by atoms with Crippen LogP contribution in [-0.4, -0.2) is 36.9 Å². The number of pyridine rings is 1. The van der Waals surface area contributed by atoms with Gasteiger partial charge in [-0.1, -0.05) is 30.9 Å². The average molecular weight is 339 g/mol. The Bertz CT molecular complexity index is 559. The molecule has 1 aromatic heterocycles. The second kappa shape index (κ2) is 8.72. The van der Waals surface area contributed by atoms with Gasteiger partial charge in [0.25, 0.3) is 5.91 Å². The molecule has 0 unspecified atom stereocenters. The van der Waals surface area contributed by atoms with Crippen molar-refractivity contribution in [3.8, 4) is 0 Å². The minimum absolute atomic E-state index is 0.100. The summed E-state index contributed by atoms with van der Waals surface area (Å²) in [5.41, 5.74) is 0.438. The third-order valence-electron chi connectivity index (χ3n) is 4.00. The van der Waals surface area contributed by atoms with Crippen molar-refractivity contribution in [2.75, 3.05) is 25.5 Å². The van der Waals surface area contributed by atoms with Crippen molar-refractivity contribution >= 4 is 29.2 Å². The van der Waals surface area contributed by atoms with Crippen LogP contribution in [0.4, 0.5) is 5.82 Å². The van der Waals surface area contributed by atoms with Crippen molar-refractivity contribution in [2.24, 2.45) is 5.92 Å². The number of nitrogens with zero attached hydrogens (tertiary/aromatic N) is 1. The SMILES string of the molecule is CNc1cc(C(=O)NCCNC(=O)C2CCCCC2)cc(Cl)n1. The second-order valence-corrected chi connectivity index (χ2v) is 6.08. The third-order valence-corrected chi connectivity index (χ3v) is 4.19. The molecular formula is C16H23ClN4O2. The Kier molecular flexibility index (Phi) is 6.65. The molecule has 2 amide bonds. The fraction of sp³-hybridized carbons (Fsp3) is 0.562. The summed E-state index contributed by atoms with van der Waals surface area (Å²) >= 11 is 5.87. The predicted octanol–water partition coefficient (Wildman–Crippen LogP) is 2.20. The van der Waals surface area contributed by atoms with Crippen LogP contribution in [0.2, 0.25) is 5.15 Å². The van der Waals surface area contributed by atoms with Gasteiger partial charge in [0.1, 0.15) is 11.0 Å². The van der Waals surface area contributed by atoms with Gasteiger partial charge in [-0.05, 0) is 25.0 Å². The van der Waals surface area contributed by atoms with Gasteiger partial charge in [0.15, 0.2) is 0 Å². The quantitative estimate of drug-likeness (QED) is 0.548. The van der Waals surface area contributed by atoms with Crippen LogP contribution < -0.4 is 16.0 Å². The molecule has 1 heterocycles. The Balaban J connectivity index is 1.74. The molecular weight excluding hydrogens is 316 g/mol. The van der Waals surface area contributed by atoms with Gasteiger partial charge in [-0.3, -0.25) is 9.59 Å². The lowest BCUT2D eigenvalue weighted by Crippen LogP contribution is -2.38. The molecule has 0 saturated heterocycles. The molecule has 23 heavy (non-hydrogen) atoms. The van der Waals surface area contributed by atoms with Crippen molar-refractivity contribution in [3.05, 3.63) is 22.8 Å². The molecule has 0 bridgehead atoms. The third kappa shape index (κ3) is 5.39. The lowest BCUT2D eigenvalue weighted by molar-refractivity contribution is -0.125. The zero-order valence-corrected chi connectivity index (χ0v) is 14.1. The highest BCUT2D eigenvalue weighted by Gasteiger charge is 2.20. The van der Waals surface area contributed by atoms with Crippen LogP contribution in [0.15, 0.2) is 12.1 Å². The fourth-order valence-electron chi connectivity index (χ4n) is 2.73. The zero-order valence-electron chi connectivity index (χ0n) is 13.3. The van der Waals surface area contributed by atoms with E-state index in [0.717, 1.165) is 25.7 Å². The summed E-state index contributed by atoms with van der Waals surface area (Å²) in [5, 5.41) is 8.76. The van der Waals surface area contributed by atoms with Gasteiger partial charge >= 0.3 is 0 Å². The van der Waals surface area contributed by atoms with E-state index in [9.17, 15) is 9.59 Å². The molecule has 1 aliphatic carbocycles. The van der Waals surface area contributed by atoms with Crippen molar-refractivity contribution in [2.45, 2.75) is 32.1 Å². The number of hydrogen-bond donors (Lipinski definition) is 3. The first kappa shape index (κ1) is 17.5. The molecule has 6 nitrogen and oxygen atoms in total. The van der Waals surface area contributed by atoms with E-state index >= 15 is 0 Å². The number of rotatable bonds is 6. The van der Waals surface area contributed by atoms with E-state index in [1.165, 1.54) is 12.5 Å².